The Morgan fingerprint density at radius 1 is 0.957 bits per heavy atom. The summed E-state index contributed by atoms with van der Waals surface area (Å²) < 4.78 is 5.71. The number of carbonyl (C=O) groups is 1. The first-order valence-electron chi connectivity index (χ1n) is 7.94. The Balaban J connectivity index is 2.24. The molecule has 0 aliphatic rings. The van der Waals surface area contributed by atoms with Crippen molar-refractivity contribution in [2.45, 2.75) is 47.6 Å². The van der Waals surface area contributed by atoms with Gasteiger partial charge >= 0.3 is 0 Å². The minimum atomic E-state index is 0.142. The molecule has 0 aliphatic carbocycles. The van der Waals surface area contributed by atoms with Crippen LogP contribution in [0.4, 0.5) is 0 Å². The highest BCUT2D eigenvalue weighted by Crippen LogP contribution is 2.27. The molecule has 0 spiro atoms. The zero-order chi connectivity index (χ0) is 17.1. The van der Waals surface area contributed by atoms with Gasteiger partial charge in [0.05, 0.1) is 6.10 Å². The van der Waals surface area contributed by atoms with Crippen LogP contribution in [0.15, 0.2) is 30.3 Å². The lowest BCUT2D eigenvalue weighted by Crippen LogP contribution is -2.10. The third-order valence-corrected chi connectivity index (χ3v) is 5.03. The highest BCUT2D eigenvalue weighted by Gasteiger charge is 2.15. The number of ether oxygens (including phenoxy) is 1. The summed E-state index contributed by atoms with van der Waals surface area (Å²) in [6.45, 7) is 12.2. The minimum Gasteiger partial charge on any atom is -0.491 e. The van der Waals surface area contributed by atoms with Crippen molar-refractivity contribution >= 4 is 19.4 Å². The monoisotopic (exact) mass is 328 g/mol. The molecular formula is C20H25O2P. The van der Waals surface area contributed by atoms with Gasteiger partial charge in [-0.3, -0.25) is 4.79 Å². The topological polar surface area (TPSA) is 26.3 Å². The maximum absolute atomic E-state index is 12.8. The lowest BCUT2D eigenvalue weighted by Gasteiger charge is -2.14. The van der Waals surface area contributed by atoms with Crippen molar-refractivity contribution in [2.75, 3.05) is 0 Å². The highest BCUT2D eigenvalue weighted by atomic mass is 31.1. The molecule has 0 aromatic heterocycles. The van der Waals surface area contributed by atoms with Gasteiger partial charge in [0, 0.05) is 5.56 Å². The van der Waals surface area contributed by atoms with E-state index in [0.29, 0.717) is 0 Å². The molecule has 0 aliphatic heterocycles. The summed E-state index contributed by atoms with van der Waals surface area (Å²) in [5.41, 5.74) is 5.52. The van der Waals surface area contributed by atoms with Crippen LogP contribution in [0.1, 0.15) is 46.5 Å². The summed E-state index contributed by atoms with van der Waals surface area (Å²) in [5.74, 6) is 0.862. The molecule has 0 heterocycles. The zero-order valence-corrected chi connectivity index (χ0v) is 15.8. The minimum absolute atomic E-state index is 0.142. The maximum Gasteiger partial charge on any atom is 0.186 e. The number of carbonyl (C=O) groups excluding carboxylic acids is 1. The number of aryl methyl sites for hydroxylation is 4. The van der Waals surface area contributed by atoms with E-state index in [1.54, 1.807) is 0 Å². The molecule has 2 nitrogen and oxygen atoms in total. The molecule has 1 unspecified atom stereocenters. The first kappa shape index (κ1) is 17.7. The summed E-state index contributed by atoms with van der Waals surface area (Å²) in [4.78, 5) is 12.8. The Morgan fingerprint density at radius 3 is 2.09 bits per heavy atom. The fourth-order valence-corrected chi connectivity index (χ4v) is 4.04. The maximum atomic E-state index is 12.8. The van der Waals surface area contributed by atoms with E-state index in [1.807, 2.05) is 52.8 Å². The fourth-order valence-electron chi connectivity index (χ4n) is 2.84. The Kier molecular flexibility index (Phi) is 5.59. The third kappa shape index (κ3) is 4.42. The van der Waals surface area contributed by atoms with Crippen molar-refractivity contribution in [3.8, 4) is 5.75 Å². The van der Waals surface area contributed by atoms with E-state index in [2.05, 4.69) is 19.1 Å². The predicted octanol–water partition coefficient (Wildman–Crippen LogP) is 4.85. The van der Waals surface area contributed by atoms with E-state index < -0.39 is 0 Å². The van der Waals surface area contributed by atoms with Crippen molar-refractivity contribution < 1.29 is 9.53 Å². The Bertz CT molecular complexity index is 709. The number of benzene rings is 2. The summed E-state index contributed by atoms with van der Waals surface area (Å²) >= 11 is 0. The van der Waals surface area contributed by atoms with Crippen LogP contribution in [0.2, 0.25) is 0 Å². The second-order valence-electron chi connectivity index (χ2n) is 6.37. The van der Waals surface area contributed by atoms with Gasteiger partial charge in [-0.1, -0.05) is 23.8 Å². The fraction of sp³-hybridized carbons (Fsp3) is 0.350. The summed E-state index contributed by atoms with van der Waals surface area (Å²) in [5, 5.41) is 1.09. The van der Waals surface area contributed by atoms with Crippen molar-refractivity contribution in [1.82, 2.24) is 0 Å². The molecule has 0 saturated carbocycles. The van der Waals surface area contributed by atoms with Crippen LogP contribution in [0.25, 0.3) is 0 Å². The Hall–Kier alpha value is -1.66. The van der Waals surface area contributed by atoms with Gasteiger partial charge in [0.25, 0.3) is 0 Å². The molecule has 0 bridgehead atoms. The summed E-state index contributed by atoms with van der Waals surface area (Å²) in [7, 11) is 0.142. The molecule has 0 fully saturated rings. The molecule has 2 rings (SSSR count). The van der Waals surface area contributed by atoms with E-state index >= 15 is 0 Å². The number of hydrogen-bond acceptors (Lipinski definition) is 2. The van der Waals surface area contributed by atoms with E-state index in [9.17, 15) is 4.79 Å². The molecule has 2 aromatic carbocycles. The normalized spacial score (nSPS) is 11.4. The van der Waals surface area contributed by atoms with Gasteiger partial charge in [-0.15, -0.1) is 0 Å². The van der Waals surface area contributed by atoms with E-state index in [1.165, 1.54) is 5.56 Å². The number of hydrogen-bond donors (Lipinski definition) is 0. The van der Waals surface area contributed by atoms with Gasteiger partial charge in [0.1, 0.15) is 5.75 Å². The summed E-state index contributed by atoms with van der Waals surface area (Å²) in [6, 6.07) is 10.2. The van der Waals surface area contributed by atoms with Gasteiger partial charge in [-0.25, -0.2) is 0 Å². The molecule has 0 radical (unpaired) electrons. The van der Waals surface area contributed by atoms with Crippen LogP contribution < -0.4 is 10.0 Å². The largest absolute Gasteiger partial charge is 0.491 e. The van der Waals surface area contributed by atoms with Gasteiger partial charge in [0.15, 0.2) is 5.52 Å². The van der Waals surface area contributed by atoms with E-state index in [4.69, 9.17) is 4.74 Å². The first-order chi connectivity index (χ1) is 10.8. The van der Waals surface area contributed by atoms with Gasteiger partial charge in [-0.05, 0) is 84.3 Å². The molecule has 0 amide bonds. The van der Waals surface area contributed by atoms with Crippen molar-refractivity contribution in [3.05, 3.63) is 58.1 Å². The quantitative estimate of drug-likeness (QED) is 0.733. The van der Waals surface area contributed by atoms with Crippen molar-refractivity contribution in [1.29, 1.82) is 0 Å². The average Bonchev–Trinajstić information content (AvgIpc) is 2.40. The standard InChI is InChI=1S/C20H25O2P/c1-12(2)22-17-7-8-18(14(4)11-17)23-20(21)19-15(5)9-13(3)10-16(19)6/h7-12,23H,1-6H3. The molecular weight excluding hydrogens is 303 g/mol. The second kappa shape index (κ2) is 7.27. The van der Waals surface area contributed by atoms with Crippen LogP contribution in [-0.2, 0) is 0 Å². The number of rotatable bonds is 5. The van der Waals surface area contributed by atoms with E-state index in [-0.39, 0.29) is 20.2 Å². The van der Waals surface area contributed by atoms with Crippen LogP contribution in [0, 0.1) is 27.7 Å². The lowest BCUT2D eigenvalue weighted by atomic mass is 10.0. The Labute approximate surface area is 141 Å². The molecule has 1 atom stereocenters. The smallest absolute Gasteiger partial charge is 0.186 e. The van der Waals surface area contributed by atoms with Crippen LogP contribution in [-0.4, -0.2) is 11.6 Å². The van der Waals surface area contributed by atoms with Gasteiger partial charge in [-0.2, -0.15) is 0 Å². The molecule has 23 heavy (non-hydrogen) atoms. The average molecular weight is 328 g/mol. The zero-order valence-electron chi connectivity index (χ0n) is 14.8. The molecule has 0 N–H and O–H groups in total. The SMILES string of the molecule is Cc1cc(C)c(C(=O)Pc2ccc(OC(C)C)cc2C)c(C)c1. The van der Waals surface area contributed by atoms with Crippen LogP contribution in [0.3, 0.4) is 0 Å². The Morgan fingerprint density at radius 2 is 1.57 bits per heavy atom. The van der Waals surface area contributed by atoms with Crippen LogP contribution in [0.5, 0.6) is 5.75 Å². The first-order valence-corrected chi connectivity index (χ1v) is 8.94. The molecule has 122 valence electrons. The molecule has 2 aromatic rings. The molecule has 3 heteroatoms. The highest BCUT2D eigenvalue weighted by molar-refractivity contribution is 7.66. The van der Waals surface area contributed by atoms with Crippen molar-refractivity contribution in [3.63, 3.8) is 0 Å². The molecule has 0 saturated heterocycles. The predicted molar refractivity (Wildman–Crippen MR) is 99.9 cm³/mol. The van der Waals surface area contributed by atoms with Crippen molar-refractivity contribution in [2.24, 2.45) is 0 Å². The summed E-state index contributed by atoms with van der Waals surface area (Å²) in [6.07, 6.45) is 0.155. The van der Waals surface area contributed by atoms with Gasteiger partial charge in [0.2, 0.25) is 0 Å². The van der Waals surface area contributed by atoms with E-state index in [0.717, 1.165) is 33.3 Å². The lowest BCUT2D eigenvalue weighted by molar-refractivity contribution is 0.108. The van der Waals surface area contributed by atoms with Crippen LogP contribution >= 0.6 is 8.58 Å². The van der Waals surface area contributed by atoms with Gasteiger partial charge < -0.3 is 4.74 Å². The third-order valence-electron chi connectivity index (χ3n) is 3.72. The second-order valence-corrected chi connectivity index (χ2v) is 7.61.